The number of thiophene rings is 1. The van der Waals surface area contributed by atoms with Crippen molar-refractivity contribution in [3.63, 3.8) is 0 Å². The highest BCUT2D eigenvalue weighted by molar-refractivity contribution is 7.94. The molecule has 8 heteroatoms. The minimum atomic E-state index is -3.63. The summed E-state index contributed by atoms with van der Waals surface area (Å²) >= 11 is 1.14. The number of anilines is 1. The number of benzene rings is 3. The molecule has 0 unspecified atom stereocenters. The zero-order valence-corrected chi connectivity index (χ0v) is 18.2. The first-order valence-electron chi connectivity index (χ1n) is 9.43. The van der Waals surface area contributed by atoms with Crippen molar-refractivity contribution in [2.75, 3.05) is 4.72 Å². The van der Waals surface area contributed by atoms with Crippen molar-refractivity contribution < 1.29 is 13.2 Å². The van der Waals surface area contributed by atoms with Crippen LogP contribution < -0.4 is 10.1 Å². The van der Waals surface area contributed by atoms with Gasteiger partial charge in [0, 0.05) is 16.8 Å². The van der Waals surface area contributed by atoms with Gasteiger partial charge in [0.05, 0.1) is 5.71 Å². The molecule has 1 aromatic heterocycles. The lowest BCUT2D eigenvalue weighted by atomic mass is 10.0. The fourth-order valence-electron chi connectivity index (χ4n) is 3.11. The first-order chi connectivity index (χ1) is 14.9. The van der Waals surface area contributed by atoms with Crippen molar-refractivity contribution in [3.05, 3.63) is 95.4 Å². The highest BCUT2D eigenvalue weighted by Crippen LogP contribution is 2.21. The molecule has 1 amide bonds. The van der Waals surface area contributed by atoms with E-state index >= 15 is 0 Å². The lowest BCUT2D eigenvalue weighted by Crippen LogP contribution is -2.19. The fourth-order valence-corrected chi connectivity index (χ4v) is 5.16. The standard InChI is InChI=1S/C23H19N3O3S2/c1-16(20-9-4-7-17-6-2-3-8-21(17)20)24-25-23(27)18-11-13-19(14-12-18)26-31(28,29)22-10-5-15-30-22/h2-15,26H,1H3,(H,25,27)/b24-16+. The van der Waals surface area contributed by atoms with Crippen LogP contribution in [0.1, 0.15) is 22.8 Å². The highest BCUT2D eigenvalue weighted by atomic mass is 32.2. The predicted molar refractivity (Wildman–Crippen MR) is 125 cm³/mol. The Bertz CT molecular complexity index is 1360. The Morgan fingerprint density at radius 3 is 2.39 bits per heavy atom. The molecule has 0 fully saturated rings. The van der Waals surface area contributed by atoms with Crippen LogP contribution in [0, 0.1) is 0 Å². The Kier molecular flexibility index (Phi) is 5.83. The highest BCUT2D eigenvalue weighted by Gasteiger charge is 2.15. The Morgan fingerprint density at radius 1 is 0.903 bits per heavy atom. The third kappa shape index (κ3) is 4.65. The van der Waals surface area contributed by atoms with Gasteiger partial charge in [0.1, 0.15) is 4.21 Å². The molecule has 0 radical (unpaired) electrons. The summed E-state index contributed by atoms with van der Waals surface area (Å²) in [6, 6.07) is 23.3. The van der Waals surface area contributed by atoms with Crippen molar-refractivity contribution in [2.24, 2.45) is 5.10 Å². The van der Waals surface area contributed by atoms with Gasteiger partial charge in [-0.3, -0.25) is 9.52 Å². The van der Waals surface area contributed by atoms with E-state index < -0.39 is 10.0 Å². The van der Waals surface area contributed by atoms with Crippen LogP contribution in [0.5, 0.6) is 0 Å². The number of hydrogen-bond donors (Lipinski definition) is 2. The number of nitrogens with one attached hydrogen (secondary N) is 2. The third-order valence-electron chi connectivity index (χ3n) is 4.66. The summed E-state index contributed by atoms with van der Waals surface area (Å²) in [5, 5.41) is 8.10. The monoisotopic (exact) mass is 449 g/mol. The van der Waals surface area contributed by atoms with Gasteiger partial charge in [0.2, 0.25) is 0 Å². The second-order valence-electron chi connectivity index (χ2n) is 6.78. The summed E-state index contributed by atoms with van der Waals surface area (Å²) in [6.45, 7) is 1.84. The molecule has 31 heavy (non-hydrogen) atoms. The van der Waals surface area contributed by atoms with Gasteiger partial charge in [0.25, 0.3) is 15.9 Å². The van der Waals surface area contributed by atoms with Gasteiger partial charge >= 0.3 is 0 Å². The quantitative estimate of drug-likeness (QED) is 0.326. The van der Waals surface area contributed by atoms with E-state index in [9.17, 15) is 13.2 Å². The summed E-state index contributed by atoms with van der Waals surface area (Å²) in [4.78, 5) is 12.5. The van der Waals surface area contributed by atoms with Crippen molar-refractivity contribution >= 4 is 49.4 Å². The number of rotatable bonds is 6. The number of amides is 1. The maximum atomic E-state index is 12.5. The van der Waals surface area contributed by atoms with Crippen LogP contribution in [0.2, 0.25) is 0 Å². The molecule has 4 rings (SSSR count). The Morgan fingerprint density at radius 2 is 1.65 bits per heavy atom. The van der Waals surface area contributed by atoms with Crippen LogP contribution in [0.15, 0.2) is 93.6 Å². The molecule has 0 atom stereocenters. The number of fused-ring (bicyclic) bond motifs is 1. The van der Waals surface area contributed by atoms with E-state index in [1.54, 1.807) is 35.7 Å². The van der Waals surface area contributed by atoms with Gasteiger partial charge in [-0.25, -0.2) is 13.8 Å². The van der Waals surface area contributed by atoms with Crippen molar-refractivity contribution in [1.82, 2.24) is 5.43 Å². The second kappa shape index (κ2) is 8.71. The third-order valence-corrected chi connectivity index (χ3v) is 7.44. The lowest BCUT2D eigenvalue weighted by molar-refractivity contribution is 0.0955. The topological polar surface area (TPSA) is 87.6 Å². The molecule has 0 saturated carbocycles. The van der Waals surface area contributed by atoms with Gasteiger partial charge in [-0.2, -0.15) is 5.10 Å². The van der Waals surface area contributed by atoms with E-state index in [4.69, 9.17) is 0 Å². The Labute approximate surface area is 184 Å². The summed E-state index contributed by atoms with van der Waals surface area (Å²) < 4.78 is 27.3. The molecule has 0 aliphatic carbocycles. The minimum Gasteiger partial charge on any atom is -0.279 e. The number of hydrogen-bond acceptors (Lipinski definition) is 5. The van der Waals surface area contributed by atoms with Crippen LogP contribution in [-0.2, 0) is 10.0 Å². The molecule has 156 valence electrons. The smallest absolute Gasteiger partial charge is 0.271 e. The maximum Gasteiger partial charge on any atom is 0.271 e. The Hall–Kier alpha value is -3.49. The minimum absolute atomic E-state index is 0.229. The Balaban J connectivity index is 1.46. The molecule has 0 aliphatic rings. The number of sulfonamides is 1. The summed E-state index contributed by atoms with van der Waals surface area (Å²) in [7, 11) is -3.63. The first kappa shape index (κ1) is 20.8. The number of carbonyl (C=O) groups excluding carboxylic acids is 1. The van der Waals surface area contributed by atoms with Crippen LogP contribution in [-0.4, -0.2) is 20.0 Å². The van der Waals surface area contributed by atoms with E-state index in [0.717, 1.165) is 27.7 Å². The molecule has 2 N–H and O–H groups in total. The average molecular weight is 450 g/mol. The summed E-state index contributed by atoms with van der Waals surface area (Å²) in [6.07, 6.45) is 0. The van der Waals surface area contributed by atoms with Crippen molar-refractivity contribution in [1.29, 1.82) is 0 Å². The molecule has 6 nitrogen and oxygen atoms in total. The van der Waals surface area contributed by atoms with Gasteiger partial charge in [-0.1, -0.05) is 48.5 Å². The largest absolute Gasteiger partial charge is 0.279 e. The van der Waals surface area contributed by atoms with Gasteiger partial charge in [-0.15, -0.1) is 11.3 Å². The van der Waals surface area contributed by atoms with Crippen LogP contribution in [0.25, 0.3) is 10.8 Å². The van der Waals surface area contributed by atoms with Crippen molar-refractivity contribution in [3.8, 4) is 0 Å². The maximum absolute atomic E-state index is 12.5. The van der Waals surface area contributed by atoms with E-state index in [0.29, 0.717) is 17.0 Å². The van der Waals surface area contributed by atoms with Crippen LogP contribution in [0.3, 0.4) is 0 Å². The van der Waals surface area contributed by atoms with Crippen molar-refractivity contribution in [2.45, 2.75) is 11.1 Å². The molecule has 0 aliphatic heterocycles. The SMILES string of the molecule is C/C(=N\NC(=O)c1ccc(NS(=O)(=O)c2cccs2)cc1)c1cccc2ccccc12. The molecular weight excluding hydrogens is 430 g/mol. The zero-order valence-electron chi connectivity index (χ0n) is 16.6. The normalized spacial score (nSPS) is 12.0. The van der Waals surface area contributed by atoms with E-state index in [-0.39, 0.29) is 10.1 Å². The van der Waals surface area contributed by atoms with Gasteiger partial charge < -0.3 is 0 Å². The number of nitrogens with zero attached hydrogens (tertiary/aromatic N) is 1. The van der Waals surface area contributed by atoms with E-state index in [1.165, 1.54) is 6.07 Å². The summed E-state index contributed by atoms with van der Waals surface area (Å²) in [5.41, 5.74) is 4.94. The van der Waals surface area contributed by atoms with Gasteiger partial charge in [0.15, 0.2) is 0 Å². The molecule has 1 heterocycles. The molecule has 3 aromatic carbocycles. The molecule has 4 aromatic rings. The van der Waals surface area contributed by atoms with E-state index in [1.807, 2.05) is 49.4 Å². The predicted octanol–water partition coefficient (Wildman–Crippen LogP) is 4.86. The summed E-state index contributed by atoms with van der Waals surface area (Å²) in [5.74, 6) is -0.382. The van der Waals surface area contributed by atoms with Crippen LogP contribution >= 0.6 is 11.3 Å². The molecule has 0 saturated heterocycles. The van der Waals surface area contributed by atoms with Gasteiger partial charge in [-0.05, 0) is 53.4 Å². The molecule has 0 spiro atoms. The van der Waals surface area contributed by atoms with Crippen LogP contribution in [0.4, 0.5) is 5.69 Å². The second-order valence-corrected chi connectivity index (χ2v) is 9.64. The first-order valence-corrected chi connectivity index (χ1v) is 11.8. The fraction of sp³-hybridized carbons (Fsp3) is 0.0435. The number of carbonyl (C=O) groups is 1. The molecular formula is C23H19N3O3S2. The zero-order chi connectivity index (χ0) is 21.8. The molecule has 0 bridgehead atoms. The average Bonchev–Trinajstić information content (AvgIpc) is 3.33. The van der Waals surface area contributed by atoms with E-state index in [2.05, 4.69) is 15.2 Å². The number of hydrazone groups is 1. The lowest BCUT2D eigenvalue weighted by Gasteiger charge is -2.08.